The van der Waals surface area contributed by atoms with Crippen LogP contribution in [0, 0.1) is 0 Å². The molecule has 0 aliphatic rings. The van der Waals surface area contributed by atoms with Gasteiger partial charge in [0.05, 0.1) is 5.75 Å². The quantitative estimate of drug-likeness (QED) is 0.779. The predicted octanol–water partition coefficient (Wildman–Crippen LogP) is 0.808. The molecule has 0 radical (unpaired) electrons. The second kappa shape index (κ2) is 5.66. The first-order valence-electron chi connectivity index (χ1n) is 4.15. The van der Waals surface area contributed by atoms with Crippen LogP contribution >= 0.6 is 23.3 Å². The summed E-state index contributed by atoms with van der Waals surface area (Å²) in [5.41, 5.74) is 0. The average molecular weight is 262 g/mol. The Hall–Kier alpha value is -1.35. The molecule has 0 unspecified atom stereocenters. The molecule has 9 heteroatoms. The van der Waals surface area contributed by atoms with Gasteiger partial charge in [-0.05, 0) is 0 Å². The number of amides is 2. The van der Waals surface area contributed by atoms with Gasteiger partial charge in [0.25, 0.3) is 0 Å². The second-order valence-corrected chi connectivity index (χ2v) is 4.58. The van der Waals surface area contributed by atoms with Crippen molar-refractivity contribution in [3.63, 3.8) is 0 Å². The molecule has 1 rings (SSSR count). The van der Waals surface area contributed by atoms with Crippen molar-refractivity contribution in [1.29, 1.82) is 0 Å². The van der Waals surface area contributed by atoms with E-state index in [0.29, 0.717) is 5.16 Å². The fraction of sp³-hybridized carbons (Fsp3) is 0.429. The fourth-order valence-corrected chi connectivity index (χ4v) is 2.18. The molecule has 1 aromatic heterocycles. The molecule has 0 spiro atoms. The fourth-order valence-electron chi connectivity index (χ4n) is 0.666. The summed E-state index contributed by atoms with van der Waals surface area (Å²) >= 11 is 2.11. The number of aromatic nitrogens is 2. The van der Waals surface area contributed by atoms with Crippen molar-refractivity contribution in [3.05, 3.63) is 0 Å². The van der Waals surface area contributed by atoms with Crippen molar-refractivity contribution in [1.82, 2.24) is 14.3 Å². The van der Waals surface area contributed by atoms with E-state index >= 15 is 0 Å². The van der Waals surface area contributed by atoms with Gasteiger partial charge in [-0.2, -0.15) is 9.36 Å². The molecule has 0 bridgehead atoms. The molecule has 0 aromatic carbocycles. The van der Waals surface area contributed by atoms with Gasteiger partial charge in [-0.15, -0.1) is 0 Å². The normalized spacial score (nSPS) is 9.88. The van der Waals surface area contributed by atoms with E-state index in [0.717, 1.165) is 11.5 Å². The highest BCUT2D eigenvalue weighted by Gasteiger charge is 2.10. The van der Waals surface area contributed by atoms with E-state index in [1.807, 2.05) is 0 Å². The summed E-state index contributed by atoms with van der Waals surface area (Å²) in [4.78, 5) is 26.9. The van der Waals surface area contributed by atoms with Crippen LogP contribution in [-0.4, -0.2) is 51.2 Å². The van der Waals surface area contributed by atoms with Gasteiger partial charge >= 0.3 is 6.09 Å². The van der Waals surface area contributed by atoms with Crippen molar-refractivity contribution in [2.24, 2.45) is 0 Å². The van der Waals surface area contributed by atoms with Gasteiger partial charge in [0.15, 0.2) is 0 Å². The molecule has 1 heterocycles. The van der Waals surface area contributed by atoms with Crippen LogP contribution in [0.15, 0.2) is 5.16 Å². The predicted molar refractivity (Wildman–Crippen MR) is 61.0 cm³/mol. The van der Waals surface area contributed by atoms with Gasteiger partial charge in [-0.3, -0.25) is 10.1 Å². The first-order valence-corrected chi connectivity index (χ1v) is 5.91. The standard InChI is InChI=1S/C7H10N4O3S2/c1-11(2)4(12)3-15-6-8-5(16-10-6)9-7(13)14/h3H2,1-2H3,(H,13,14)(H,8,9,10). The van der Waals surface area contributed by atoms with E-state index in [4.69, 9.17) is 5.11 Å². The van der Waals surface area contributed by atoms with Gasteiger partial charge < -0.3 is 10.0 Å². The Kier molecular flexibility index (Phi) is 4.50. The van der Waals surface area contributed by atoms with Crippen LogP contribution in [0.2, 0.25) is 0 Å². The Bertz CT molecular complexity index is 393. The number of carbonyl (C=O) groups is 2. The lowest BCUT2D eigenvalue weighted by Crippen LogP contribution is -2.23. The largest absolute Gasteiger partial charge is 0.465 e. The van der Waals surface area contributed by atoms with Crippen molar-refractivity contribution >= 4 is 40.4 Å². The molecule has 2 N–H and O–H groups in total. The van der Waals surface area contributed by atoms with E-state index in [9.17, 15) is 9.59 Å². The van der Waals surface area contributed by atoms with Crippen LogP contribution in [0.3, 0.4) is 0 Å². The number of thioether (sulfide) groups is 1. The molecule has 16 heavy (non-hydrogen) atoms. The molecular weight excluding hydrogens is 252 g/mol. The minimum atomic E-state index is -1.18. The molecule has 1 aromatic rings. The molecular formula is C7H10N4O3S2. The average Bonchev–Trinajstić information content (AvgIpc) is 2.60. The maximum atomic E-state index is 11.2. The van der Waals surface area contributed by atoms with Gasteiger partial charge in [0.2, 0.25) is 16.2 Å². The third-order valence-corrected chi connectivity index (χ3v) is 3.02. The third kappa shape index (κ3) is 4.03. The number of rotatable bonds is 4. The minimum Gasteiger partial charge on any atom is -0.465 e. The zero-order valence-electron chi connectivity index (χ0n) is 8.63. The zero-order valence-corrected chi connectivity index (χ0v) is 10.3. The Labute approximate surface area is 100 Å². The SMILES string of the molecule is CN(C)C(=O)CSc1nsc(NC(=O)O)n1. The summed E-state index contributed by atoms with van der Waals surface area (Å²) in [7, 11) is 3.32. The van der Waals surface area contributed by atoms with Gasteiger partial charge in [0, 0.05) is 25.6 Å². The summed E-state index contributed by atoms with van der Waals surface area (Å²) < 4.78 is 3.90. The lowest BCUT2D eigenvalue weighted by molar-refractivity contribution is -0.125. The highest BCUT2D eigenvalue weighted by atomic mass is 32.2. The van der Waals surface area contributed by atoms with E-state index in [1.165, 1.54) is 16.7 Å². The molecule has 88 valence electrons. The van der Waals surface area contributed by atoms with Crippen molar-refractivity contribution in [2.45, 2.75) is 5.16 Å². The van der Waals surface area contributed by atoms with Gasteiger partial charge in [0.1, 0.15) is 0 Å². The molecule has 2 amide bonds. The first-order chi connectivity index (χ1) is 7.49. The Morgan fingerprint density at radius 3 is 2.81 bits per heavy atom. The smallest absolute Gasteiger partial charge is 0.411 e. The number of carboxylic acid groups (broad SMARTS) is 1. The van der Waals surface area contributed by atoms with E-state index in [1.54, 1.807) is 14.1 Å². The summed E-state index contributed by atoms with van der Waals surface area (Å²) in [6, 6.07) is 0. The summed E-state index contributed by atoms with van der Waals surface area (Å²) in [5, 5.41) is 11.1. The van der Waals surface area contributed by atoms with E-state index < -0.39 is 6.09 Å². The Balaban J connectivity index is 2.46. The third-order valence-electron chi connectivity index (χ3n) is 1.44. The second-order valence-electron chi connectivity index (χ2n) is 2.89. The first kappa shape index (κ1) is 12.7. The molecule has 0 aliphatic carbocycles. The van der Waals surface area contributed by atoms with Crippen LogP contribution in [-0.2, 0) is 4.79 Å². The van der Waals surface area contributed by atoms with Crippen LogP contribution in [0.25, 0.3) is 0 Å². The molecule has 0 saturated heterocycles. The number of carbonyl (C=O) groups excluding carboxylic acids is 1. The van der Waals surface area contributed by atoms with Crippen LogP contribution in [0.5, 0.6) is 0 Å². The maximum Gasteiger partial charge on any atom is 0.411 e. The van der Waals surface area contributed by atoms with Crippen molar-refractivity contribution in [3.8, 4) is 0 Å². The van der Waals surface area contributed by atoms with Crippen LogP contribution in [0.4, 0.5) is 9.93 Å². The summed E-state index contributed by atoms with van der Waals surface area (Å²) in [6.07, 6.45) is -1.18. The van der Waals surface area contributed by atoms with Gasteiger partial charge in [-0.25, -0.2) is 4.79 Å². The molecule has 0 aliphatic heterocycles. The van der Waals surface area contributed by atoms with E-state index in [2.05, 4.69) is 14.7 Å². The van der Waals surface area contributed by atoms with Crippen LogP contribution < -0.4 is 5.32 Å². The summed E-state index contributed by atoms with van der Waals surface area (Å²) in [5.74, 6) is 0.184. The number of hydrogen-bond acceptors (Lipinski definition) is 6. The number of nitrogens with one attached hydrogen (secondary N) is 1. The van der Waals surface area contributed by atoms with Crippen molar-refractivity contribution in [2.75, 3.05) is 25.2 Å². The molecule has 0 fully saturated rings. The maximum absolute atomic E-state index is 11.2. The number of anilines is 1. The van der Waals surface area contributed by atoms with Crippen molar-refractivity contribution < 1.29 is 14.7 Å². The topological polar surface area (TPSA) is 95.4 Å². The van der Waals surface area contributed by atoms with Crippen LogP contribution in [0.1, 0.15) is 0 Å². The number of hydrogen-bond donors (Lipinski definition) is 2. The lowest BCUT2D eigenvalue weighted by atomic mass is 10.6. The Morgan fingerprint density at radius 2 is 2.25 bits per heavy atom. The number of nitrogens with zero attached hydrogens (tertiary/aromatic N) is 3. The monoisotopic (exact) mass is 262 g/mol. The summed E-state index contributed by atoms with van der Waals surface area (Å²) in [6.45, 7) is 0. The Morgan fingerprint density at radius 1 is 1.56 bits per heavy atom. The molecule has 7 nitrogen and oxygen atoms in total. The highest BCUT2D eigenvalue weighted by Crippen LogP contribution is 2.19. The molecule has 0 atom stereocenters. The molecule has 0 saturated carbocycles. The zero-order chi connectivity index (χ0) is 12.1. The lowest BCUT2D eigenvalue weighted by Gasteiger charge is -2.07. The van der Waals surface area contributed by atoms with E-state index in [-0.39, 0.29) is 16.8 Å². The minimum absolute atomic E-state index is 0.0486. The highest BCUT2D eigenvalue weighted by molar-refractivity contribution is 7.99. The van der Waals surface area contributed by atoms with Gasteiger partial charge in [-0.1, -0.05) is 11.8 Å².